The van der Waals surface area contributed by atoms with Crippen LogP contribution in [0, 0.1) is 18.8 Å². The number of aromatic carboxylic acids is 1. The van der Waals surface area contributed by atoms with Crippen LogP contribution in [0.15, 0.2) is 46.8 Å². The number of carbonyl (C=O) groups is 1. The summed E-state index contributed by atoms with van der Waals surface area (Å²) in [6.07, 6.45) is 0. The van der Waals surface area contributed by atoms with Crippen LogP contribution in [-0.4, -0.2) is 38.7 Å². The summed E-state index contributed by atoms with van der Waals surface area (Å²) in [5.74, 6) is 5.34. The highest BCUT2D eigenvalue weighted by atomic mass is 32.2. The van der Waals surface area contributed by atoms with Gasteiger partial charge in [-0.05, 0) is 48.7 Å². The number of carboxylic acid groups (broad SMARTS) is 1. The Kier molecular flexibility index (Phi) is 6.48. The molecular formula is C21H18N2O6S2. The fourth-order valence-electron chi connectivity index (χ4n) is 2.59. The molecule has 0 radical (unpaired) electrons. The van der Waals surface area contributed by atoms with Crippen LogP contribution < -0.4 is 14.2 Å². The van der Waals surface area contributed by atoms with Gasteiger partial charge in [0.25, 0.3) is 10.0 Å². The molecule has 0 aliphatic carbocycles. The Morgan fingerprint density at radius 1 is 1.10 bits per heavy atom. The number of rotatable bonds is 6. The number of ether oxygens (including phenoxy) is 2. The molecule has 8 nitrogen and oxygen atoms in total. The topological polar surface area (TPSA) is 115 Å². The van der Waals surface area contributed by atoms with Crippen LogP contribution in [0.4, 0.5) is 5.69 Å². The SMILES string of the molecule is COc1ccc(C)cc1C#Cc1nc(S(=O)(=O)Nc2ccc(C(=O)O)cc2OC)cs1. The molecule has 0 aliphatic rings. The van der Waals surface area contributed by atoms with Crippen molar-refractivity contribution in [3.8, 4) is 23.3 Å². The van der Waals surface area contributed by atoms with Crippen LogP contribution in [-0.2, 0) is 10.0 Å². The van der Waals surface area contributed by atoms with Crippen LogP contribution in [0.1, 0.15) is 26.5 Å². The number of nitrogens with zero attached hydrogens (tertiary/aromatic N) is 1. The highest BCUT2D eigenvalue weighted by Crippen LogP contribution is 2.28. The Balaban J connectivity index is 1.86. The molecule has 0 unspecified atom stereocenters. The average molecular weight is 459 g/mol. The quantitative estimate of drug-likeness (QED) is 0.544. The summed E-state index contributed by atoms with van der Waals surface area (Å²) >= 11 is 1.09. The van der Waals surface area contributed by atoms with Crippen LogP contribution in [0.2, 0.25) is 0 Å². The lowest BCUT2D eigenvalue weighted by molar-refractivity contribution is 0.0696. The molecule has 10 heteroatoms. The van der Waals surface area contributed by atoms with Gasteiger partial charge in [0.05, 0.1) is 31.0 Å². The van der Waals surface area contributed by atoms with E-state index in [9.17, 15) is 13.2 Å². The highest BCUT2D eigenvalue weighted by Gasteiger charge is 2.20. The zero-order valence-electron chi connectivity index (χ0n) is 16.8. The first kappa shape index (κ1) is 22.1. The van der Waals surface area contributed by atoms with Crippen LogP contribution in [0.3, 0.4) is 0 Å². The summed E-state index contributed by atoms with van der Waals surface area (Å²) in [5, 5.41) is 10.5. The molecule has 1 aromatic heterocycles. The van der Waals surface area contributed by atoms with E-state index in [1.807, 2.05) is 25.1 Å². The number of nitrogens with one attached hydrogen (secondary N) is 1. The van der Waals surface area contributed by atoms with Gasteiger partial charge >= 0.3 is 5.97 Å². The van der Waals surface area contributed by atoms with Gasteiger partial charge in [0.2, 0.25) is 0 Å². The van der Waals surface area contributed by atoms with Crippen molar-refractivity contribution in [2.45, 2.75) is 11.9 Å². The van der Waals surface area contributed by atoms with Crippen LogP contribution in [0.5, 0.6) is 11.5 Å². The number of benzene rings is 2. The van der Waals surface area contributed by atoms with Crippen molar-refractivity contribution in [2.75, 3.05) is 18.9 Å². The smallest absolute Gasteiger partial charge is 0.335 e. The lowest BCUT2D eigenvalue weighted by atomic mass is 10.1. The zero-order valence-corrected chi connectivity index (χ0v) is 18.4. The van der Waals surface area contributed by atoms with Gasteiger partial charge < -0.3 is 14.6 Å². The Hall–Kier alpha value is -3.55. The average Bonchev–Trinajstić information content (AvgIpc) is 3.22. The zero-order chi connectivity index (χ0) is 22.6. The molecule has 0 bridgehead atoms. The van der Waals surface area contributed by atoms with E-state index in [1.165, 1.54) is 30.7 Å². The summed E-state index contributed by atoms with van der Waals surface area (Å²) in [6.45, 7) is 1.93. The molecule has 0 saturated carbocycles. The second-order valence-corrected chi connectivity index (χ2v) is 8.76. The number of hydrogen-bond donors (Lipinski definition) is 2. The molecule has 0 amide bonds. The third-order valence-corrected chi connectivity index (χ3v) is 6.27. The first-order valence-electron chi connectivity index (χ1n) is 8.80. The van der Waals surface area contributed by atoms with E-state index in [0.29, 0.717) is 16.3 Å². The molecule has 2 aromatic carbocycles. The number of hydrogen-bond acceptors (Lipinski definition) is 7. The third-order valence-electron chi connectivity index (χ3n) is 4.11. The predicted octanol–water partition coefficient (Wildman–Crippen LogP) is 3.37. The van der Waals surface area contributed by atoms with Crippen molar-refractivity contribution in [1.29, 1.82) is 0 Å². The maximum absolute atomic E-state index is 12.7. The Labute approximate surface area is 183 Å². The maximum atomic E-state index is 12.7. The molecule has 3 rings (SSSR count). The van der Waals surface area contributed by atoms with E-state index >= 15 is 0 Å². The molecule has 3 aromatic rings. The van der Waals surface area contributed by atoms with Gasteiger partial charge in [0, 0.05) is 5.38 Å². The molecular weight excluding hydrogens is 440 g/mol. The van der Waals surface area contributed by atoms with Gasteiger partial charge in [-0.1, -0.05) is 12.0 Å². The van der Waals surface area contributed by atoms with Crippen molar-refractivity contribution < 1.29 is 27.8 Å². The Morgan fingerprint density at radius 3 is 2.52 bits per heavy atom. The largest absolute Gasteiger partial charge is 0.495 e. The van der Waals surface area contributed by atoms with Gasteiger partial charge in [-0.2, -0.15) is 8.42 Å². The molecule has 0 saturated heterocycles. The third kappa shape index (κ3) is 5.14. The van der Waals surface area contributed by atoms with E-state index in [-0.39, 0.29) is 22.0 Å². The Morgan fingerprint density at radius 2 is 1.84 bits per heavy atom. The van der Waals surface area contributed by atoms with E-state index in [4.69, 9.17) is 14.6 Å². The van der Waals surface area contributed by atoms with Crippen molar-refractivity contribution in [2.24, 2.45) is 0 Å². The standard InChI is InChI=1S/C21H18N2O6S2/c1-13-4-8-17(28-2)14(10-13)6-9-19-22-20(12-30-19)31(26,27)23-16-7-5-15(21(24)25)11-18(16)29-3/h4-5,7-8,10-12,23H,1-3H3,(H,24,25). The first-order valence-corrected chi connectivity index (χ1v) is 11.2. The van der Waals surface area contributed by atoms with E-state index in [2.05, 4.69) is 21.5 Å². The van der Waals surface area contributed by atoms with Gasteiger partial charge in [-0.15, -0.1) is 11.3 Å². The second kappa shape index (κ2) is 9.07. The number of thiazole rings is 1. The van der Waals surface area contributed by atoms with Crippen molar-refractivity contribution >= 4 is 33.0 Å². The monoisotopic (exact) mass is 458 g/mol. The van der Waals surface area contributed by atoms with Gasteiger partial charge in [-0.3, -0.25) is 4.72 Å². The molecule has 0 spiro atoms. The van der Waals surface area contributed by atoms with E-state index < -0.39 is 16.0 Å². The number of anilines is 1. The lowest BCUT2D eigenvalue weighted by Crippen LogP contribution is -2.14. The number of aromatic nitrogens is 1. The molecule has 31 heavy (non-hydrogen) atoms. The summed E-state index contributed by atoms with van der Waals surface area (Å²) in [5.41, 5.74) is 1.75. The number of methoxy groups -OCH3 is 2. The normalized spacial score (nSPS) is 10.7. The van der Waals surface area contributed by atoms with E-state index in [1.54, 1.807) is 7.11 Å². The Bertz CT molecular complexity index is 1300. The van der Waals surface area contributed by atoms with Crippen molar-refractivity contribution in [3.63, 3.8) is 0 Å². The predicted molar refractivity (Wildman–Crippen MR) is 117 cm³/mol. The molecule has 2 N–H and O–H groups in total. The number of sulfonamides is 1. The summed E-state index contributed by atoms with van der Waals surface area (Å²) in [7, 11) is -1.17. The van der Waals surface area contributed by atoms with Gasteiger partial charge in [0.15, 0.2) is 10.0 Å². The molecule has 0 aliphatic heterocycles. The fraction of sp³-hybridized carbons (Fsp3) is 0.143. The summed E-state index contributed by atoms with van der Waals surface area (Å²) in [4.78, 5) is 15.2. The lowest BCUT2D eigenvalue weighted by Gasteiger charge is -2.11. The maximum Gasteiger partial charge on any atom is 0.335 e. The molecule has 1 heterocycles. The number of aryl methyl sites for hydroxylation is 1. The second-order valence-electron chi connectivity index (χ2n) is 6.27. The van der Waals surface area contributed by atoms with Gasteiger partial charge in [-0.25, -0.2) is 9.78 Å². The molecule has 0 fully saturated rings. The minimum atomic E-state index is -4.03. The molecule has 160 valence electrons. The van der Waals surface area contributed by atoms with Crippen LogP contribution in [0.25, 0.3) is 0 Å². The summed E-state index contributed by atoms with van der Waals surface area (Å²) < 4.78 is 38.2. The molecule has 0 atom stereocenters. The van der Waals surface area contributed by atoms with Gasteiger partial charge in [0.1, 0.15) is 11.5 Å². The first-order chi connectivity index (χ1) is 14.7. The highest BCUT2D eigenvalue weighted by molar-refractivity contribution is 7.92. The van der Waals surface area contributed by atoms with E-state index in [0.717, 1.165) is 16.9 Å². The minimum absolute atomic E-state index is 0.0300. The fourth-order valence-corrected chi connectivity index (χ4v) is 4.59. The van der Waals surface area contributed by atoms with Crippen LogP contribution >= 0.6 is 11.3 Å². The minimum Gasteiger partial charge on any atom is -0.495 e. The van der Waals surface area contributed by atoms with Crippen molar-refractivity contribution in [3.05, 3.63) is 63.5 Å². The number of carboxylic acids is 1. The van der Waals surface area contributed by atoms with Crippen molar-refractivity contribution in [1.82, 2.24) is 4.98 Å². The summed E-state index contributed by atoms with van der Waals surface area (Å²) in [6, 6.07) is 9.40.